The normalized spacial score (nSPS) is 10.3. The van der Waals surface area contributed by atoms with Gasteiger partial charge in [-0.2, -0.15) is 4.98 Å². The molecule has 1 heterocycles. The van der Waals surface area contributed by atoms with Crippen LogP contribution < -0.4 is 10.5 Å². The fourth-order valence-corrected chi connectivity index (χ4v) is 1.81. The van der Waals surface area contributed by atoms with E-state index < -0.39 is 5.97 Å². The molecule has 7 heteroatoms. The molecule has 2 rings (SSSR count). The van der Waals surface area contributed by atoms with E-state index >= 15 is 0 Å². The van der Waals surface area contributed by atoms with Crippen LogP contribution in [0.3, 0.4) is 0 Å². The van der Waals surface area contributed by atoms with E-state index in [1.165, 1.54) is 7.11 Å². The summed E-state index contributed by atoms with van der Waals surface area (Å²) in [5.74, 6) is -0.0996. The van der Waals surface area contributed by atoms with Gasteiger partial charge in [-0.25, -0.2) is 4.79 Å². The fraction of sp³-hybridized carbons (Fsp3) is 0.231. The van der Waals surface area contributed by atoms with Crippen LogP contribution in [-0.4, -0.2) is 24.7 Å². The highest BCUT2D eigenvalue weighted by molar-refractivity contribution is 6.30. The van der Waals surface area contributed by atoms with Crippen molar-refractivity contribution in [1.82, 2.24) is 4.98 Å². The van der Waals surface area contributed by atoms with Crippen molar-refractivity contribution >= 4 is 23.5 Å². The number of rotatable bonds is 4. The highest BCUT2D eigenvalue weighted by Gasteiger charge is 2.22. The van der Waals surface area contributed by atoms with E-state index in [1.54, 1.807) is 25.1 Å². The molecule has 6 nitrogen and oxygen atoms in total. The summed E-state index contributed by atoms with van der Waals surface area (Å²) >= 11 is 5.93. The maximum Gasteiger partial charge on any atom is 0.362 e. The lowest BCUT2D eigenvalue weighted by Gasteiger charge is -2.05. The van der Waals surface area contributed by atoms with Gasteiger partial charge in [-0.15, -0.1) is 0 Å². The van der Waals surface area contributed by atoms with Gasteiger partial charge >= 0.3 is 5.97 Å². The van der Waals surface area contributed by atoms with Gasteiger partial charge in [0.25, 0.3) is 0 Å². The van der Waals surface area contributed by atoms with E-state index in [2.05, 4.69) is 4.98 Å². The second kappa shape index (κ2) is 5.83. The van der Waals surface area contributed by atoms with Crippen LogP contribution in [0.2, 0.25) is 5.02 Å². The number of nitrogen functional groups attached to an aromatic ring is 1. The molecule has 2 N–H and O–H groups in total. The number of methoxy groups -OCH3 is 1. The van der Waals surface area contributed by atoms with Crippen molar-refractivity contribution in [2.45, 2.75) is 6.92 Å². The lowest BCUT2D eigenvalue weighted by molar-refractivity contribution is 0.0521. The topological polar surface area (TPSA) is 87.6 Å². The first kappa shape index (κ1) is 14.2. The highest BCUT2D eigenvalue weighted by atomic mass is 35.5. The largest absolute Gasteiger partial charge is 0.496 e. The Morgan fingerprint density at radius 2 is 2.25 bits per heavy atom. The minimum absolute atomic E-state index is 0.0659. The molecule has 0 aliphatic heterocycles. The van der Waals surface area contributed by atoms with E-state index in [0.717, 1.165) is 0 Å². The number of nitrogens with zero attached hydrogens (tertiary/aromatic N) is 1. The first-order chi connectivity index (χ1) is 9.56. The standard InChI is InChI=1S/C13H13ClN2O4/c1-3-19-13(17)10-11(15)20-12(16-10)8-6-7(14)4-5-9(8)18-2/h4-6H,3,15H2,1-2H3. The van der Waals surface area contributed by atoms with Gasteiger partial charge in [0.15, 0.2) is 0 Å². The van der Waals surface area contributed by atoms with E-state index in [-0.39, 0.29) is 24.1 Å². The Bertz CT molecular complexity index is 639. The number of esters is 1. The maximum atomic E-state index is 11.6. The zero-order chi connectivity index (χ0) is 14.7. The molecule has 0 amide bonds. The third-order valence-electron chi connectivity index (χ3n) is 2.51. The second-order valence-electron chi connectivity index (χ2n) is 3.80. The number of carbonyl (C=O) groups is 1. The average Bonchev–Trinajstić information content (AvgIpc) is 2.81. The van der Waals surface area contributed by atoms with Gasteiger partial charge in [0.05, 0.1) is 19.3 Å². The molecule has 0 bridgehead atoms. The van der Waals surface area contributed by atoms with Crippen molar-refractivity contribution in [2.75, 3.05) is 19.5 Å². The number of carbonyl (C=O) groups excluding carboxylic acids is 1. The Morgan fingerprint density at radius 3 is 2.90 bits per heavy atom. The van der Waals surface area contributed by atoms with Crippen LogP contribution in [0.1, 0.15) is 17.4 Å². The van der Waals surface area contributed by atoms with Crippen molar-refractivity contribution in [3.05, 3.63) is 28.9 Å². The summed E-state index contributed by atoms with van der Waals surface area (Å²) in [6.07, 6.45) is 0. The molecule has 20 heavy (non-hydrogen) atoms. The first-order valence-corrected chi connectivity index (χ1v) is 6.22. The second-order valence-corrected chi connectivity index (χ2v) is 4.23. The highest BCUT2D eigenvalue weighted by Crippen LogP contribution is 2.33. The van der Waals surface area contributed by atoms with Gasteiger partial charge in [-0.3, -0.25) is 0 Å². The van der Waals surface area contributed by atoms with Gasteiger partial charge in [0, 0.05) is 5.02 Å². The number of hydrogen-bond acceptors (Lipinski definition) is 6. The number of nitrogens with two attached hydrogens (primary N) is 1. The molecule has 0 saturated heterocycles. The zero-order valence-electron chi connectivity index (χ0n) is 11.0. The Balaban J connectivity index is 2.47. The molecule has 0 aliphatic carbocycles. The monoisotopic (exact) mass is 296 g/mol. The van der Waals surface area contributed by atoms with Crippen molar-refractivity contribution in [2.24, 2.45) is 0 Å². The Morgan fingerprint density at radius 1 is 1.50 bits per heavy atom. The van der Waals surface area contributed by atoms with Crippen LogP contribution in [0.5, 0.6) is 5.75 Å². The molecule has 0 saturated carbocycles. The van der Waals surface area contributed by atoms with Crippen molar-refractivity contribution in [3.8, 4) is 17.2 Å². The zero-order valence-corrected chi connectivity index (χ0v) is 11.7. The van der Waals surface area contributed by atoms with Crippen LogP contribution in [-0.2, 0) is 4.74 Å². The van der Waals surface area contributed by atoms with Crippen molar-refractivity contribution < 1.29 is 18.7 Å². The Kier molecular flexibility index (Phi) is 4.14. The van der Waals surface area contributed by atoms with Gasteiger partial charge in [-0.1, -0.05) is 11.6 Å². The van der Waals surface area contributed by atoms with Gasteiger partial charge in [0.1, 0.15) is 5.75 Å². The number of hydrogen-bond donors (Lipinski definition) is 1. The molecule has 0 unspecified atom stereocenters. The number of halogens is 1. The number of ether oxygens (including phenoxy) is 2. The molecule has 0 radical (unpaired) electrons. The number of benzene rings is 1. The minimum atomic E-state index is -0.638. The van der Waals surface area contributed by atoms with Crippen LogP contribution >= 0.6 is 11.6 Å². The smallest absolute Gasteiger partial charge is 0.362 e. The third kappa shape index (κ3) is 2.70. The Labute approximate surface area is 120 Å². The van der Waals surface area contributed by atoms with E-state index in [9.17, 15) is 4.79 Å². The Hall–Kier alpha value is -2.21. The van der Waals surface area contributed by atoms with E-state index in [4.69, 9.17) is 31.2 Å². The van der Waals surface area contributed by atoms with E-state index in [0.29, 0.717) is 16.3 Å². The molecule has 0 spiro atoms. The van der Waals surface area contributed by atoms with E-state index in [1.807, 2.05) is 0 Å². The number of anilines is 1. The summed E-state index contributed by atoms with van der Waals surface area (Å²) in [4.78, 5) is 15.7. The van der Waals surface area contributed by atoms with Crippen LogP contribution in [0, 0.1) is 0 Å². The van der Waals surface area contributed by atoms with Crippen molar-refractivity contribution in [3.63, 3.8) is 0 Å². The quantitative estimate of drug-likeness (QED) is 0.873. The lowest BCUT2D eigenvalue weighted by atomic mass is 10.2. The fourth-order valence-electron chi connectivity index (χ4n) is 1.64. The summed E-state index contributed by atoms with van der Waals surface area (Å²) in [6, 6.07) is 4.95. The molecule has 0 fully saturated rings. The SMILES string of the molecule is CCOC(=O)c1nc(-c2cc(Cl)ccc2OC)oc1N. The molecule has 1 aromatic carbocycles. The maximum absolute atomic E-state index is 11.6. The van der Waals surface area contributed by atoms with Gasteiger partial charge in [-0.05, 0) is 25.1 Å². The molecule has 1 aromatic heterocycles. The summed E-state index contributed by atoms with van der Waals surface area (Å²) < 4.78 is 15.3. The van der Waals surface area contributed by atoms with Gasteiger partial charge in [0.2, 0.25) is 17.5 Å². The minimum Gasteiger partial charge on any atom is -0.496 e. The molecular formula is C13H13ClN2O4. The third-order valence-corrected chi connectivity index (χ3v) is 2.75. The molecular weight excluding hydrogens is 284 g/mol. The van der Waals surface area contributed by atoms with Gasteiger partial charge < -0.3 is 19.6 Å². The van der Waals surface area contributed by atoms with Crippen LogP contribution in [0.4, 0.5) is 5.88 Å². The van der Waals surface area contributed by atoms with Crippen molar-refractivity contribution in [1.29, 1.82) is 0 Å². The predicted molar refractivity (Wildman–Crippen MR) is 73.9 cm³/mol. The molecule has 106 valence electrons. The number of oxazole rings is 1. The predicted octanol–water partition coefficient (Wildman–Crippen LogP) is 2.76. The van der Waals surface area contributed by atoms with Crippen LogP contribution in [0.15, 0.2) is 22.6 Å². The summed E-state index contributed by atoms with van der Waals surface area (Å²) in [7, 11) is 1.51. The molecule has 2 aromatic rings. The average molecular weight is 297 g/mol. The molecule has 0 aliphatic rings. The molecule has 0 atom stereocenters. The summed E-state index contributed by atoms with van der Waals surface area (Å²) in [6.45, 7) is 1.91. The van der Waals surface area contributed by atoms with Crippen LogP contribution in [0.25, 0.3) is 11.5 Å². The summed E-state index contributed by atoms with van der Waals surface area (Å²) in [5, 5.41) is 0.482. The summed E-state index contributed by atoms with van der Waals surface area (Å²) in [5.41, 5.74) is 6.07. The lowest BCUT2D eigenvalue weighted by Crippen LogP contribution is -2.07. The number of aromatic nitrogens is 1. The first-order valence-electron chi connectivity index (χ1n) is 5.84.